The number of amides is 1. The van der Waals surface area contributed by atoms with Crippen LogP contribution in [0.15, 0.2) is 12.1 Å². The minimum absolute atomic E-state index is 0.0590. The molecule has 1 aliphatic rings. The van der Waals surface area contributed by atoms with Gasteiger partial charge in [-0.15, -0.1) is 0 Å². The molecule has 1 aromatic heterocycles. The van der Waals surface area contributed by atoms with Crippen LogP contribution in [-0.2, 0) is 24.3 Å². The van der Waals surface area contributed by atoms with E-state index >= 15 is 0 Å². The lowest BCUT2D eigenvalue weighted by Gasteiger charge is -2.13. The molecule has 1 N–H and O–H groups in total. The Morgan fingerprint density at radius 1 is 1.46 bits per heavy atom. The number of rotatable bonds is 7. The van der Waals surface area contributed by atoms with Crippen molar-refractivity contribution in [2.24, 2.45) is 0 Å². The molecule has 0 bridgehead atoms. The van der Waals surface area contributed by atoms with Gasteiger partial charge in [-0.3, -0.25) is 19.6 Å². The molecule has 0 saturated carbocycles. The Hall–Kier alpha value is -3.10. The summed E-state index contributed by atoms with van der Waals surface area (Å²) in [5, 5.41) is 18.0. The van der Waals surface area contributed by atoms with Crippen molar-refractivity contribution in [1.29, 1.82) is 0 Å². The van der Waals surface area contributed by atoms with Crippen molar-refractivity contribution < 1.29 is 19.2 Å². The molecule has 0 radical (unpaired) electrons. The molecule has 3 rings (SSSR count). The predicted molar refractivity (Wildman–Crippen MR) is 102 cm³/mol. The first-order valence-corrected chi connectivity index (χ1v) is 9.20. The average Bonchev–Trinajstić information content (AvgIpc) is 3.10. The molecule has 1 amide bonds. The second-order valence-corrected chi connectivity index (χ2v) is 6.84. The van der Waals surface area contributed by atoms with Crippen LogP contribution in [0.25, 0.3) is 0 Å². The van der Waals surface area contributed by atoms with Gasteiger partial charge in [0.2, 0.25) is 5.91 Å². The topological polar surface area (TPSA) is 109 Å². The molecule has 1 aliphatic heterocycles. The summed E-state index contributed by atoms with van der Waals surface area (Å²) < 4.78 is 12.9. The van der Waals surface area contributed by atoms with Gasteiger partial charge in [0.1, 0.15) is 35.5 Å². The number of fused-ring (bicyclic) bond motifs is 1. The Kier molecular flexibility index (Phi) is 5.53. The first kappa shape index (κ1) is 19.7. The summed E-state index contributed by atoms with van der Waals surface area (Å²) in [6, 6.07) is 3.87. The monoisotopic (exact) mass is 388 g/mol. The zero-order valence-electron chi connectivity index (χ0n) is 16.4. The van der Waals surface area contributed by atoms with Crippen molar-refractivity contribution in [2.45, 2.75) is 53.3 Å². The van der Waals surface area contributed by atoms with Gasteiger partial charge in [0.15, 0.2) is 0 Å². The van der Waals surface area contributed by atoms with Crippen molar-refractivity contribution in [1.82, 2.24) is 15.1 Å². The fourth-order valence-electron chi connectivity index (χ4n) is 3.40. The van der Waals surface area contributed by atoms with Gasteiger partial charge in [-0.2, -0.15) is 5.10 Å². The van der Waals surface area contributed by atoms with Gasteiger partial charge in [0.25, 0.3) is 0 Å². The number of carbonyl (C=O) groups excluding carboxylic acids is 1. The molecule has 0 aliphatic carbocycles. The van der Waals surface area contributed by atoms with Crippen molar-refractivity contribution in [2.75, 3.05) is 6.61 Å². The minimum Gasteiger partial charge on any atom is -0.494 e. The number of nitrogens with one attached hydrogen (secondary N) is 1. The number of aromatic nitrogens is 2. The van der Waals surface area contributed by atoms with E-state index in [1.54, 1.807) is 13.8 Å². The molecule has 1 aromatic carbocycles. The highest BCUT2D eigenvalue weighted by Gasteiger charge is 2.24. The lowest BCUT2D eigenvalue weighted by molar-refractivity contribution is -0.386. The van der Waals surface area contributed by atoms with Crippen LogP contribution in [0.1, 0.15) is 36.4 Å². The van der Waals surface area contributed by atoms with Crippen LogP contribution in [-0.4, -0.2) is 33.3 Å². The lowest BCUT2D eigenvalue weighted by Crippen LogP contribution is -2.28. The van der Waals surface area contributed by atoms with E-state index in [1.165, 1.54) is 4.68 Å². The molecule has 9 heteroatoms. The maximum absolute atomic E-state index is 12.4. The molecule has 0 saturated heterocycles. The molecule has 28 heavy (non-hydrogen) atoms. The molecular weight excluding hydrogens is 364 g/mol. The largest absolute Gasteiger partial charge is 0.494 e. The Labute approximate surface area is 162 Å². The quantitative estimate of drug-likeness (QED) is 0.576. The number of aryl methyl sites for hydroxylation is 1. The minimum atomic E-state index is -0.480. The van der Waals surface area contributed by atoms with Crippen LogP contribution in [0.5, 0.6) is 11.5 Å². The van der Waals surface area contributed by atoms with E-state index in [1.807, 2.05) is 26.0 Å². The highest BCUT2D eigenvalue weighted by atomic mass is 16.6. The van der Waals surface area contributed by atoms with Crippen LogP contribution in [0.4, 0.5) is 5.69 Å². The fourth-order valence-corrected chi connectivity index (χ4v) is 3.40. The molecule has 0 fully saturated rings. The number of hydrogen-bond donors (Lipinski definition) is 1. The SMILES string of the molecule is CCOc1cc2c(cc1CNC(=O)Cn1nc(C)c([N+](=O)[O-])c1C)OC(C)C2. The number of ether oxygens (including phenoxy) is 2. The van der Waals surface area contributed by atoms with E-state index in [0.717, 1.165) is 29.0 Å². The summed E-state index contributed by atoms with van der Waals surface area (Å²) in [5.74, 6) is 1.24. The summed E-state index contributed by atoms with van der Waals surface area (Å²) >= 11 is 0. The summed E-state index contributed by atoms with van der Waals surface area (Å²) in [7, 11) is 0. The first-order valence-electron chi connectivity index (χ1n) is 9.20. The molecular formula is C19H24N4O5. The third-order valence-corrected chi connectivity index (χ3v) is 4.67. The second-order valence-electron chi connectivity index (χ2n) is 6.84. The van der Waals surface area contributed by atoms with Gasteiger partial charge in [0.05, 0.1) is 11.5 Å². The number of benzene rings is 1. The third-order valence-electron chi connectivity index (χ3n) is 4.67. The zero-order valence-corrected chi connectivity index (χ0v) is 16.4. The van der Waals surface area contributed by atoms with Gasteiger partial charge in [-0.05, 0) is 39.8 Å². The average molecular weight is 388 g/mol. The highest BCUT2D eigenvalue weighted by molar-refractivity contribution is 5.76. The van der Waals surface area contributed by atoms with Gasteiger partial charge < -0.3 is 14.8 Å². The third kappa shape index (κ3) is 3.92. The standard InChI is InChI=1S/C19H24N4O5/c1-5-27-16-7-14-6-11(2)28-17(14)8-15(16)9-20-18(24)10-22-13(4)19(23(25)26)12(3)21-22/h7-8,11H,5-6,9-10H2,1-4H3,(H,20,24). The van der Waals surface area contributed by atoms with Crippen LogP contribution in [0, 0.1) is 24.0 Å². The number of hydrogen-bond acceptors (Lipinski definition) is 6. The van der Waals surface area contributed by atoms with Crippen molar-refractivity contribution >= 4 is 11.6 Å². The molecule has 2 aromatic rings. The zero-order chi connectivity index (χ0) is 20.4. The van der Waals surface area contributed by atoms with E-state index in [-0.39, 0.29) is 30.8 Å². The van der Waals surface area contributed by atoms with Crippen molar-refractivity contribution in [3.8, 4) is 11.5 Å². The maximum Gasteiger partial charge on any atom is 0.312 e. The van der Waals surface area contributed by atoms with Crippen molar-refractivity contribution in [3.05, 3.63) is 44.8 Å². The predicted octanol–water partition coefficient (Wildman–Crippen LogP) is 2.45. The molecule has 0 spiro atoms. The van der Waals surface area contributed by atoms with Crippen molar-refractivity contribution in [3.63, 3.8) is 0 Å². The molecule has 9 nitrogen and oxygen atoms in total. The van der Waals surface area contributed by atoms with Gasteiger partial charge in [0, 0.05) is 24.1 Å². The van der Waals surface area contributed by atoms with Crippen LogP contribution < -0.4 is 14.8 Å². The highest BCUT2D eigenvalue weighted by Crippen LogP contribution is 2.35. The van der Waals surface area contributed by atoms with Crippen LogP contribution in [0.2, 0.25) is 0 Å². The van der Waals surface area contributed by atoms with Gasteiger partial charge >= 0.3 is 5.69 Å². The number of carbonyl (C=O) groups is 1. The Bertz CT molecular complexity index is 922. The Morgan fingerprint density at radius 2 is 2.21 bits per heavy atom. The van der Waals surface area contributed by atoms with Crippen LogP contribution in [0.3, 0.4) is 0 Å². The lowest BCUT2D eigenvalue weighted by atomic mass is 10.1. The molecule has 150 valence electrons. The van der Waals surface area contributed by atoms with E-state index in [9.17, 15) is 14.9 Å². The van der Waals surface area contributed by atoms with Gasteiger partial charge in [-0.25, -0.2) is 0 Å². The number of nitro groups is 1. The van der Waals surface area contributed by atoms with Gasteiger partial charge in [-0.1, -0.05) is 0 Å². The molecule has 2 heterocycles. The molecule has 1 atom stereocenters. The van der Waals surface area contributed by atoms with E-state index in [0.29, 0.717) is 18.0 Å². The first-order chi connectivity index (χ1) is 13.3. The van der Waals surface area contributed by atoms with E-state index < -0.39 is 4.92 Å². The molecule has 1 unspecified atom stereocenters. The normalized spacial score (nSPS) is 15.1. The summed E-state index contributed by atoms with van der Waals surface area (Å²) in [5.41, 5.74) is 2.51. The van der Waals surface area contributed by atoms with E-state index in [2.05, 4.69) is 10.4 Å². The fraction of sp³-hybridized carbons (Fsp3) is 0.474. The number of nitrogens with zero attached hydrogens (tertiary/aromatic N) is 3. The Morgan fingerprint density at radius 3 is 2.86 bits per heavy atom. The Balaban J connectivity index is 1.71. The van der Waals surface area contributed by atoms with Crippen LogP contribution >= 0.6 is 0 Å². The smallest absolute Gasteiger partial charge is 0.312 e. The summed E-state index contributed by atoms with van der Waals surface area (Å²) in [6.07, 6.45) is 0.954. The van der Waals surface area contributed by atoms with E-state index in [4.69, 9.17) is 9.47 Å². The maximum atomic E-state index is 12.4. The summed E-state index contributed by atoms with van der Waals surface area (Å²) in [6.45, 7) is 7.74. The second kappa shape index (κ2) is 7.87. The summed E-state index contributed by atoms with van der Waals surface area (Å²) in [4.78, 5) is 23.0.